The first-order valence-corrected chi connectivity index (χ1v) is 13.7. The van der Waals surface area contributed by atoms with Gasteiger partial charge in [0.25, 0.3) is 0 Å². The second kappa shape index (κ2) is 13.7. The van der Waals surface area contributed by atoms with Crippen LogP contribution in [0, 0.1) is 17.2 Å². The predicted octanol–water partition coefficient (Wildman–Crippen LogP) is 5.91. The van der Waals surface area contributed by atoms with Gasteiger partial charge in [-0.05, 0) is 29.0 Å². The van der Waals surface area contributed by atoms with Crippen molar-refractivity contribution in [3.05, 3.63) is 120 Å². The molecule has 8 heteroatoms. The van der Waals surface area contributed by atoms with E-state index < -0.39 is 13.8 Å². The Kier molecular flexibility index (Phi) is 10.3. The number of nitrogens with zero attached hydrogens (tertiary/aromatic N) is 4. The van der Waals surface area contributed by atoms with Gasteiger partial charge < -0.3 is 9.79 Å². The number of rotatable bonds is 9. The van der Waals surface area contributed by atoms with E-state index in [1.807, 2.05) is 22.9 Å². The second-order valence-corrected chi connectivity index (χ2v) is 9.30. The third-order valence-corrected chi connectivity index (χ3v) is 6.62. The van der Waals surface area contributed by atoms with Crippen molar-refractivity contribution < 1.29 is 14.4 Å². The first kappa shape index (κ1) is 28.0. The summed E-state index contributed by atoms with van der Waals surface area (Å²) in [6.45, 7) is 4.36. The lowest BCUT2D eigenvalue weighted by Gasteiger charge is -2.35. The summed E-state index contributed by atoms with van der Waals surface area (Å²) in [6, 6.07) is 33.7. The molecule has 0 aliphatic carbocycles. The standard InChI is InChI=1S/C29H30N4.H3O3P/c1-3-23(4-2)20-24(21-30)28-31-22-33(32-28)29(25-14-8-5-9-15-25,26-16-10-6-11-17-26)27-18-12-7-13-19-27;1-4(2)3/h5-19,22-24H,3-4,20H2,1-2H3;4H,(H2,1,2,3). The van der Waals surface area contributed by atoms with Crippen molar-refractivity contribution in [1.82, 2.24) is 14.8 Å². The molecule has 1 aromatic heterocycles. The summed E-state index contributed by atoms with van der Waals surface area (Å²) in [5, 5.41) is 14.9. The molecule has 0 fully saturated rings. The molecule has 0 spiro atoms. The van der Waals surface area contributed by atoms with Crippen LogP contribution in [0.4, 0.5) is 0 Å². The quantitative estimate of drug-likeness (QED) is 0.211. The van der Waals surface area contributed by atoms with Crippen LogP contribution in [0.3, 0.4) is 0 Å². The van der Waals surface area contributed by atoms with Crippen molar-refractivity contribution in [2.24, 2.45) is 5.92 Å². The average Bonchev–Trinajstić information content (AvgIpc) is 3.42. The lowest BCUT2D eigenvalue weighted by Crippen LogP contribution is -2.38. The molecule has 4 rings (SSSR count). The highest BCUT2D eigenvalue weighted by molar-refractivity contribution is 7.30. The molecule has 192 valence electrons. The van der Waals surface area contributed by atoms with E-state index in [1.165, 1.54) is 0 Å². The van der Waals surface area contributed by atoms with E-state index in [4.69, 9.17) is 19.5 Å². The van der Waals surface area contributed by atoms with E-state index in [0.29, 0.717) is 11.7 Å². The third-order valence-electron chi connectivity index (χ3n) is 6.62. The lowest BCUT2D eigenvalue weighted by molar-refractivity contribution is 0.405. The van der Waals surface area contributed by atoms with E-state index in [2.05, 4.69) is 97.7 Å². The Morgan fingerprint density at radius 2 is 1.27 bits per heavy atom. The molecule has 3 aromatic carbocycles. The Hall–Kier alpha value is -3.56. The Bertz CT molecular complexity index is 1190. The predicted molar refractivity (Wildman–Crippen MR) is 145 cm³/mol. The SMILES string of the molecule is CCC(CC)CC(C#N)c1ncn(C(c2ccccc2)(c2ccccc2)c2ccccc2)n1.O=[PH](O)O. The van der Waals surface area contributed by atoms with E-state index >= 15 is 0 Å². The first-order chi connectivity index (χ1) is 18.0. The van der Waals surface area contributed by atoms with E-state index in [0.717, 1.165) is 36.0 Å². The lowest BCUT2D eigenvalue weighted by atomic mass is 9.77. The summed E-state index contributed by atoms with van der Waals surface area (Å²) < 4.78 is 10.7. The molecule has 0 radical (unpaired) electrons. The smallest absolute Gasteiger partial charge is 0.314 e. The molecule has 0 bridgehead atoms. The van der Waals surface area contributed by atoms with Crippen LogP contribution >= 0.6 is 8.25 Å². The van der Waals surface area contributed by atoms with Gasteiger partial charge >= 0.3 is 8.25 Å². The number of benzene rings is 3. The maximum atomic E-state index is 9.94. The molecule has 7 nitrogen and oxygen atoms in total. The Balaban J connectivity index is 0.000000886. The summed E-state index contributed by atoms with van der Waals surface area (Å²) in [4.78, 5) is 19.0. The zero-order valence-electron chi connectivity index (χ0n) is 21.1. The van der Waals surface area contributed by atoms with Crippen LogP contribution in [0.5, 0.6) is 0 Å². The molecule has 0 saturated heterocycles. The summed E-state index contributed by atoms with van der Waals surface area (Å²) in [5.41, 5.74) is 2.57. The Morgan fingerprint density at radius 1 is 0.865 bits per heavy atom. The fourth-order valence-electron chi connectivity index (χ4n) is 4.70. The summed E-state index contributed by atoms with van der Waals surface area (Å²) in [7, 11) is -3.13. The molecular formula is C29H33N4O3P. The van der Waals surface area contributed by atoms with Crippen LogP contribution in [0.15, 0.2) is 97.3 Å². The maximum Gasteiger partial charge on any atom is 0.314 e. The maximum absolute atomic E-state index is 9.94. The average molecular weight is 517 g/mol. The molecule has 2 N–H and O–H groups in total. The Morgan fingerprint density at radius 3 is 1.62 bits per heavy atom. The molecule has 4 aromatic rings. The Labute approximate surface area is 219 Å². The number of hydrogen-bond acceptors (Lipinski definition) is 4. The highest BCUT2D eigenvalue weighted by atomic mass is 31.1. The second-order valence-electron chi connectivity index (χ2n) is 8.74. The first-order valence-electron chi connectivity index (χ1n) is 12.4. The molecule has 37 heavy (non-hydrogen) atoms. The van der Waals surface area contributed by atoms with Gasteiger partial charge in [-0.1, -0.05) is 118 Å². The van der Waals surface area contributed by atoms with Crippen molar-refractivity contribution in [3.8, 4) is 6.07 Å². The van der Waals surface area contributed by atoms with Gasteiger partial charge in [-0.15, -0.1) is 0 Å². The van der Waals surface area contributed by atoms with Crippen LogP contribution < -0.4 is 0 Å². The number of hydrogen-bond donors (Lipinski definition) is 2. The van der Waals surface area contributed by atoms with Crippen molar-refractivity contribution in [2.45, 2.75) is 44.6 Å². The van der Waals surface area contributed by atoms with Gasteiger partial charge in [0.15, 0.2) is 5.82 Å². The van der Waals surface area contributed by atoms with Gasteiger partial charge in [0.05, 0.1) is 6.07 Å². The zero-order valence-corrected chi connectivity index (χ0v) is 22.1. The fraction of sp³-hybridized carbons (Fsp3) is 0.276. The summed E-state index contributed by atoms with van der Waals surface area (Å²) >= 11 is 0. The van der Waals surface area contributed by atoms with Gasteiger partial charge in [0, 0.05) is 0 Å². The van der Waals surface area contributed by atoms with Gasteiger partial charge in [0.2, 0.25) is 0 Å². The summed E-state index contributed by atoms with van der Waals surface area (Å²) in [6.07, 6.45) is 4.68. The van der Waals surface area contributed by atoms with Gasteiger partial charge in [-0.25, -0.2) is 9.67 Å². The molecule has 0 amide bonds. The molecular weight excluding hydrogens is 483 g/mol. The normalized spacial score (nSPS) is 12.0. The van der Waals surface area contributed by atoms with Crippen LogP contribution in [0.1, 0.15) is 61.5 Å². The van der Waals surface area contributed by atoms with Gasteiger partial charge in [-0.2, -0.15) is 10.4 Å². The molecule has 0 saturated carbocycles. The molecule has 0 aliphatic rings. The van der Waals surface area contributed by atoms with Gasteiger partial charge in [0.1, 0.15) is 17.8 Å². The molecule has 1 unspecified atom stereocenters. The van der Waals surface area contributed by atoms with Crippen LogP contribution in [0.2, 0.25) is 0 Å². The van der Waals surface area contributed by atoms with Gasteiger partial charge in [-0.3, -0.25) is 4.57 Å². The minimum Gasteiger partial charge on any atom is -0.326 e. The zero-order chi connectivity index (χ0) is 26.7. The van der Waals surface area contributed by atoms with Crippen LogP contribution in [-0.4, -0.2) is 24.6 Å². The number of aromatic nitrogens is 3. The van der Waals surface area contributed by atoms with Crippen molar-refractivity contribution >= 4 is 8.25 Å². The van der Waals surface area contributed by atoms with E-state index in [1.54, 1.807) is 6.33 Å². The van der Waals surface area contributed by atoms with Crippen molar-refractivity contribution in [1.29, 1.82) is 5.26 Å². The molecule has 0 aliphatic heterocycles. The third kappa shape index (κ3) is 6.61. The fourth-order valence-corrected chi connectivity index (χ4v) is 4.70. The van der Waals surface area contributed by atoms with E-state index in [-0.39, 0.29) is 5.92 Å². The van der Waals surface area contributed by atoms with Crippen molar-refractivity contribution in [3.63, 3.8) is 0 Å². The highest BCUT2D eigenvalue weighted by Crippen LogP contribution is 2.40. The monoisotopic (exact) mass is 516 g/mol. The minimum atomic E-state index is -3.13. The topological polar surface area (TPSA) is 112 Å². The summed E-state index contributed by atoms with van der Waals surface area (Å²) in [5.74, 6) is 0.761. The van der Waals surface area contributed by atoms with Crippen molar-refractivity contribution in [2.75, 3.05) is 0 Å². The largest absolute Gasteiger partial charge is 0.326 e. The van der Waals surface area contributed by atoms with E-state index in [9.17, 15) is 5.26 Å². The van der Waals surface area contributed by atoms with Crippen LogP contribution in [-0.2, 0) is 10.1 Å². The molecule has 1 atom stereocenters. The van der Waals surface area contributed by atoms with Crippen LogP contribution in [0.25, 0.3) is 0 Å². The highest BCUT2D eigenvalue weighted by Gasteiger charge is 2.40. The molecule has 1 heterocycles. The minimum absolute atomic E-state index is 0.323. The number of nitriles is 1.